The minimum Gasteiger partial charge on any atom is -0.422 e. The van der Waals surface area contributed by atoms with Gasteiger partial charge in [-0.25, -0.2) is 14.8 Å². The van der Waals surface area contributed by atoms with Crippen LogP contribution in [0.15, 0.2) is 48.7 Å². The van der Waals surface area contributed by atoms with Crippen molar-refractivity contribution in [3.8, 4) is 5.75 Å². The topological polar surface area (TPSA) is 71.0 Å². The van der Waals surface area contributed by atoms with E-state index in [4.69, 9.17) is 14.5 Å². The molecule has 0 unspecified atom stereocenters. The van der Waals surface area contributed by atoms with Crippen LogP contribution in [-0.4, -0.2) is 84.8 Å². The van der Waals surface area contributed by atoms with E-state index < -0.39 is 17.7 Å². The zero-order chi connectivity index (χ0) is 27.4. The van der Waals surface area contributed by atoms with Gasteiger partial charge in [0.2, 0.25) is 0 Å². The van der Waals surface area contributed by atoms with Gasteiger partial charge in [-0.3, -0.25) is 9.80 Å². The highest BCUT2D eigenvalue weighted by molar-refractivity contribution is 5.87. The molecule has 0 radical (unpaired) electrons. The number of hydrogen-bond donors (Lipinski definition) is 0. The predicted octanol–water partition coefficient (Wildman–Crippen LogP) is 3.99. The number of hydrogen-bond acceptors (Lipinski definition) is 8. The van der Waals surface area contributed by atoms with E-state index in [1.54, 1.807) is 6.07 Å². The molecule has 0 N–H and O–H groups in total. The van der Waals surface area contributed by atoms with Gasteiger partial charge in [-0.05, 0) is 37.1 Å². The van der Waals surface area contributed by atoms with Crippen LogP contribution in [0.4, 0.5) is 19.0 Å². The Hall–Kier alpha value is -3.28. The Kier molecular flexibility index (Phi) is 8.29. The number of alkyl halides is 3. The van der Waals surface area contributed by atoms with Crippen LogP contribution in [0.25, 0.3) is 10.9 Å². The van der Waals surface area contributed by atoms with E-state index in [0.29, 0.717) is 23.1 Å². The van der Waals surface area contributed by atoms with E-state index in [2.05, 4.69) is 19.7 Å². The molecule has 208 valence electrons. The number of aromatic nitrogens is 2. The summed E-state index contributed by atoms with van der Waals surface area (Å²) in [4.78, 5) is 27.7. The lowest BCUT2D eigenvalue weighted by Crippen LogP contribution is -2.53. The quantitative estimate of drug-likeness (QED) is 0.327. The highest BCUT2D eigenvalue weighted by atomic mass is 19.4. The number of carbonyl (C=O) groups excluding carboxylic acids is 1. The molecule has 8 nitrogen and oxygen atoms in total. The fourth-order valence-corrected chi connectivity index (χ4v) is 5.33. The highest BCUT2D eigenvalue weighted by Gasteiger charge is 2.32. The smallest absolute Gasteiger partial charge is 0.417 e. The van der Waals surface area contributed by atoms with E-state index in [0.717, 1.165) is 82.0 Å². The number of piperazine rings is 1. The molecule has 1 aromatic carbocycles. The molecular formula is C28H32F3N5O3. The highest BCUT2D eigenvalue weighted by Crippen LogP contribution is 2.30. The third-order valence-corrected chi connectivity index (χ3v) is 7.40. The van der Waals surface area contributed by atoms with Gasteiger partial charge in [-0.1, -0.05) is 18.2 Å². The van der Waals surface area contributed by atoms with Crippen molar-refractivity contribution in [3.63, 3.8) is 0 Å². The first kappa shape index (κ1) is 27.3. The van der Waals surface area contributed by atoms with Crippen LogP contribution in [-0.2, 0) is 22.3 Å². The lowest BCUT2D eigenvalue weighted by atomic mass is 10.0. The summed E-state index contributed by atoms with van der Waals surface area (Å²) in [7, 11) is 1.45. The van der Waals surface area contributed by atoms with Crippen molar-refractivity contribution in [3.05, 3.63) is 59.9 Å². The minimum absolute atomic E-state index is 0.119. The molecule has 4 heterocycles. The zero-order valence-electron chi connectivity index (χ0n) is 21.9. The third kappa shape index (κ3) is 6.66. The van der Waals surface area contributed by atoms with Crippen LogP contribution in [0.5, 0.6) is 5.75 Å². The second kappa shape index (κ2) is 11.8. The second-order valence-electron chi connectivity index (χ2n) is 9.97. The van der Waals surface area contributed by atoms with Crippen molar-refractivity contribution in [1.82, 2.24) is 19.8 Å². The van der Waals surface area contributed by atoms with E-state index >= 15 is 0 Å². The number of benzene rings is 1. The molecule has 2 aromatic heterocycles. The molecule has 2 aliphatic heterocycles. The number of fused-ring (bicyclic) bond motifs is 1. The summed E-state index contributed by atoms with van der Waals surface area (Å²) in [6, 6.07) is 12.6. The van der Waals surface area contributed by atoms with Crippen LogP contribution < -0.4 is 9.64 Å². The summed E-state index contributed by atoms with van der Waals surface area (Å²) in [6.45, 7) is 5.73. The number of rotatable bonds is 7. The summed E-state index contributed by atoms with van der Waals surface area (Å²) < 4.78 is 48.8. The van der Waals surface area contributed by atoms with Crippen molar-refractivity contribution in [2.24, 2.45) is 0 Å². The Bertz CT molecular complexity index is 1270. The zero-order valence-corrected chi connectivity index (χ0v) is 21.9. The van der Waals surface area contributed by atoms with Crippen LogP contribution >= 0.6 is 0 Å². The first-order chi connectivity index (χ1) is 18.8. The molecule has 0 amide bonds. The fourth-order valence-electron chi connectivity index (χ4n) is 5.33. The molecule has 0 aliphatic carbocycles. The molecule has 39 heavy (non-hydrogen) atoms. The maximum Gasteiger partial charge on any atom is 0.417 e. The number of methoxy groups -OCH3 is 1. The average Bonchev–Trinajstić information content (AvgIpc) is 2.94. The number of piperidine rings is 1. The fraction of sp³-hybridized carbons (Fsp3) is 0.464. The maximum atomic E-state index is 12.8. The number of pyridine rings is 2. The maximum absolute atomic E-state index is 12.8. The van der Waals surface area contributed by atoms with Gasteiger partial charge in [-0.2, -0.15) is 13.2 Å². The van der Waals surface area contributed by atoms with Gasteiger partial charge in [0.05, 0.1) is 11.3 Å². The Morgan fingerprint density at radius 3 is 2.44 bits per heavy atom. The number of halogens is 3. The number of anilines is 1. The molecule has 11 heteroatoms. The average molecular weight is 544 g/mol. The summed E-state index contributed by atoms with van der Waals surface area (Å²) in [5, 5.41) is 0.908. The predicted molar refractivity (Wildman–Crippen MR) is 141 cm³/mol. The molecule has 0 saturated carbocycles. The normalized spacial score (nSPS) is 18.0. The number of nitrogens with zero attached hydrogens (tertiary/aromatic N) is 5. The lowest BCUT2D eigenvalue weighted by molar-refractivity contribution is -0.139. The Labute approximate surface area is 225 Å². The first-order valence-electron chi connectivity index (χ1n) is 13.1. The van der Waals surface area contributed by atoms with Crippen LogP contribution in [0.3, 0.4) is 0 Å². The molecule has 0 atom stereocenters. The Morgan fingerprint density at radius 1 is 1.00 bits per heavy atom. The van der Waals surface area contributed by atoms with Gasteiger partial charge in [-0.15, -0.1) is 0 Å². The number of carbonyl (C=O) groups is 1. The van der Waals surface area contributed by atoms with Gasteiger partial charge < -0.3 is 14.4 Å². The molecule has 2 saturated heterocycles. The van der Waals surface area contributed by atoms with E-state index in [1.165, 1.54) is 13.2 Å². The number of para-hydroxylation sites is 1. The van der Waals surface area contributed by atoms with E-state index in [1.807, 2.05) is 24.3 Å². The van der Waals surface area contributed by atoms with Gasteiger partial charge in [0.1, 0.15) is 17.9 Å². The molecule has 3 aromatic rings. The van der Waals surface area contributed by atoms with Gasteiger partial charge in [0, 0.05) is 70.5 Å². The Balaban J connectivity index is 1.12. The van der Waals surface area contributed by atoms with Crippen LogP contribution in [0, 0.1) is 0 Å². The molecule has 5 rings (SSSR count). The summed E-state index contributed by atoms with van der Waals surface area (Å²) in [5.41, 5.74) is 0.866. The van der Waals surface area contributed by atoms with Crippen LogP contribution in [0.1, 0.15) is 24.1 Å². The third-order valence-electron chi connectivity index (χ3n) is 7.40. The molecule has 0 bridgehead atoms. The number of esters is 1. The molecular weight excluding hydrogens is 511 g/mol. The lowest BCUT2D eigenvalue weighted by Gasteiger charge is -2.43. The van der Waals surface area contributed by atoms with Crippen molar-refractivity contribution >= 4 is 22.7 Å². The number of likely N-dealkylation sites (tertiary alicyclic amines) is 1. The summed E-state index contributed by atoms with van der Waals surface area (Å²) in [6.07, 6.45) is -1.36. The summed E-state index contributed by atoms with van der Waals surface area (Å²) in [5.74, 6) is 0.563. The first-order valence-corrected chi connectivity index (χ1v) is 13.1. The standard InChI is InChI=1S/C28H32F3N5O3/c1-38-19-26(37)39-24-4-2-3-20-5-7-22(33-27(20)24)18-34-11-9-23(10-12-34)35-13-15-36(16-14-35)25-8-6-21(17-32-25)28(29,30)31/h2-8,17,23H,9-16,18-19H2,1H3. The Morgan fingerprint density at radius 2 is 1.77 bits per heavy atom. The molecule has 2 fully saturated rings. The minimum atomic E-state index is -4.37. The molecule has 2 aliphatic rings. The van der Waals surface area contributed by atoms with Crippen LogP contribution in [0.2, 0.25) is 0 Å². The van der Waals surface area contributed by atoms with E-state index in [9.17, 15) is 18.0 Å². The van der Waals surface area contributed by atoms with Gasteiger partial charge in [0.15, 0.2) is 5.75 Å². The molecule has 0 spiro atoms. The SMILES string of the molecule is COCC(=O)Oc1cccc2ccc(CN3CCC(N4CCN(c5ccc(C(F)(F)F)cn5)CC4)CC3)nc12. The van der Waals surface area contributed by atoms with Crippen molar-refractivity contribution in [2.45, 2.75) is 31.6 Å². The van der Waals surface area contributed by atoms with Gasteiger partial charge in [0.25, 0.3) is 0 Å². The van der Waals surface area contributed by atoms with Crippen molar-refractivity contribution < 1.29 is 27.4 Å². The van der Waals surface area contributed by atoms with Crippen molar-refractivity contribution in [1.29, 1.82) is 0 Å². The van der Waals surface area contributed by atoms with Crippen molar-refractivity contribution in [2.75, 3.05) is 57.9 Å². The largest absolute Gasteiger partial charge is 0.422 e. The summed E-state index contributed by atoms with van der Waals surface area (Å²) >= 11 is 0. The number of ether oxygens (including phenoxy) is 2. The van der Waals surface area contributed by atoms with Gasteiger partial charge >= 0.3 is 12.1 Å². The monoisotopic (exact) mass is 543 g/mol. The van der Waals surface area contributed by atoms with E-state index in [-0.39, 0.29) is 6.61 Å². The second-order valence-corrected chi connectivity index (χ2v) is 9.97.